The van der Waals surface area contributed by atoms with Gasteiger partial charge >= 0.3 is 37.4 Å². The first kappa shape index (κ1) is 38.4. The topological polar surface area (TPSA) is 184 Å². The molecule has 9 rings (SSSR count). The molecule has 2 aliphatic rings. The van der Waals surface area contributed by atoms with Gasteiger partial charge in [-0.1, -0.05) is 44.9 Å². The number of hydrogen-bond acceptors (Lipinski definition) is 12. The SMILES string of the molecule is C=COC(=O)c1ccc2c(c1)-c1nc-2nc2[n-]c(nc3nc(nc4[n-]c(n1)c1ccc(C(=O)OC=C)cc41)-c1cc(CC)c(C)cc1-3)c1ccc(C(=O)OC=C)cc21.[Zn+2]. The predicted octanol–water partition coefficient (Wildman–Crippen LogP) is 7.90. The van der Waals surface area contributed by atoms with Crippen molar-refractivity contribution >= 4 is 62.0 Å². The molecule has 4 aromatic carbocycles. The van der Waals surface area contributed by atoms with E-state index in [9.17, 15) is 14.4 Å². The number of esters is 3. The Kier molecular flexibility index (Phi) is 9.82. The molecule has 15 heteroatoms. The maximum Gasteiger partial charge on any atom is 2.00 e. The molecule has 8 bridgehead atoms. The number of nitrogens with zero attached hydrogens (tertiary/aromatic N) is 8. The van der Waals surface area contributed by atoms with Gasteiger partial charge in [0.25, 0.3) is 0 Å². The van der Waals surface area contributed by atoms with Crippen molar-refractivity contribution in [2.24, 2.45) is 0 Å². The number of rotatable bonds is 7. The molecule has 14 nitrogen and oxygen atoms in total. The van der Waals surface area contributed by atoms with Gasteiger partial charge in [-0.15, -0.1) is 0 Å². The van der Waals surface area contributed by atoms with Gasteiger partial charge in [-0.25, -0.2) is 24.4 Å². The van der Waals surface area contributed by atoms with Crippen molar-refractivity contribution in [1.82, 2.24) is 39.9 Å². The van der Waals surface area contributed by atoms with Crippen LogP contribution in [0.2, 0.25) is 0 Å². The van der Waals surface area contributed by atoms with Gasteiger partial charge in [0.2, 0.25) is 0 Å². The second-order valence-corrected chi connectivity index (χ2v) is 13.2. The summed E-state index contributed by atoms with van der Waals surface area (Å²) in [4.78, 5) is 78.0. The summed E-state index contributed by atoms with van der Waals surface area (Å²) in [5.74, 6) is -0.800. The third-order valence-electron chi connectivity index (χ3n) is 9.82. The summed E-state index contributed by atoms with van der Waals surface area (Å²) in [7, 11) is 0. The van der Waals surface area contributed by atoms with Gasteiger partial charge in [-0.05, 0) is 94.5 Å². The predicted molar refractivity (Wildman–Crippen MR) is 215 cm³/mol. The van der Waals surface area contributed by atoms with Crippen molar-refractivity contribution in [2.75, 3.05) is 0 Å². The number of ether oxygens (including phenoxy) is 3. The zero-order valence-electron chi connectivity index (χ0n) is 31.6. The van der Waals surface area contributed by atoms with E-state index in [0.29, 0.717) is 44.3 Å². The number of fused-ring (bicyclic) bond motifs is 20. The molecule has 0 saturated carbocycles. The molecule has 3 aromatic heterocycles. The van der Waals surface area contributed by atoms with Crippen molar-refractivity contribution in [3.8, 4) is 45.6 Å². The van der Waals surface area contributed by atoms with Gasteiger partial charge in [0, 0.05) is 44.8 Å². The van der Waals surface area contributed by atoms with E-state index < -0.39 is 17.9 Å². The van der Waals surface area contributed by atoms with Crippen LogP contribution in [-0.4, -0.2) is 47.8 Å². The third-order valence-corrected chi connectivity index (χ3v) is 9.82. The molecule has 0 atom stereocenters. The molecular formula is C44H28N8O6Zn. The summed E-state index contributed by atoms with van der Waals surface area (Å²) in [5, 5.41) is 2.12. The second-order valence-electron chi connectivity index (χ2n) is 13.2. The van der Waals surface area contributed by atoms with E-state index >= 15 is 0 Å². The Bertz CT molecular complexity index is 3190. The average molecular weight is 830 g/mol. The van der Waals surface area contributed by atoms with Gasteiger partial charge in [0.05, 0.1) is 58.8 Å². The van der Waals surface area contributed by atoms with Gasteiger partial charge in [0.15, 0.2) is 0 Å². The van der Waals surface area contributed by atoms with Crippen LogP contribution >= 0.6 is 0 Å². The molecule has 7 aromatic rings. The minimum atomic E-state index is -0.637. The normalized spacial score (nSPS) is 11.2. The Labute approximate surface area is 347 Å². The first-order valence-corrected chi connectivity index (χ1v) is 17.9. The van der Waals surface area contributed by atoms with Crippen molar-refractivity contribution in [3.63, 3.8) is 0 Å². The van der Waals surface area contributed by atoms with Gasteiger partial charge in [-0.2, -0.15) is 0 Å². The summed E-state index contributed by atoms with van der Waals surface area (Å²) in [6, 6.07) is 18.8. The van der Waals surface area contributed by atoms with Crippen LogP contribution in [0, 0.1) is 6.92 Å². The van der Waals surface area contributed by atoms with Crippen LogP contribution in [0.5, 0.6) is 0 Å². The molecule has 2 aliphatic heterocycles. The molecule has 0 radical (unpaired) electrons. The Morgan fingerprint density at radius 1 is 0.525 bits per heavy atom. The summed E-state index contributed by atoms with van der Waals surface area (Å²) in [6.45, 7) is 14.6. The van der Waals surface area contributed by atoms with Gasteiger partial charge < -0.3 is 44.1 Å². The van der Waals surface area contributed by atoms with Crippen molar-refractivity contribution in [1.29, 1.82) is 0 Å². The zero-order valence-corrected chi connectivity index (χ0v) is 34.6. The van der Waals surface area contributed by atoms with Crippen LogP contribution in [0.1, 0.15) is 49.1 Å². The standard InChI is InChI=1S/C44H29N8O6.Zn/c1-6-22-17-33-29(16-21(22)5)37-45-34-26-13-10-23(42(53)56-7-2)18-30(26)38(46-34)47-35-27-14-11-24(43(54)57-8-3)19-31(27)39(48-35)49-36-28-15-12-25(44(55)58-9-4)20-32(28)40(50-36)52-41(33)51-37;/h7-20H,2-4,6H2,1,5H3,(H-,45,46,47,48,49,50,51,52,53,54,55);/q-1;+2/p-1. The number of aryl methyl sites for hydroxylation is 2. The fraction of sp³-hybridized carbons (Fsp3) is 0.0682. The van der Waals surface area contributed by atoms with Crippen LogP contribution in [0.15, 0.2) is 105 Å². The first-order chi connectivity index (χ1) is 28.2. The molecule has 282 valence electrons. The largest absolute Gasteiger partial charge is 2.00 e. The van der Waals surface area contributed by atoms with E-state index in [4.69, 9.17) is 54.1 Å². The third kappa shape index (κ3) is 6.56. The van der Waals surface area contributed by atoms with Gasteiger partial charge in [-0.3, -0.25) is 0 Å². The summed E-state index contributed by atoms with van der Waals surface area (Å²) < 4.78 is 15.2. The van der Waals surface area contributed by atoms with Crippen LogP contribution in [0.4, 0.5) is 0 Å². The molecule has 5 heterocycles. The fourth-order valence-electron chi connectivity index (χ4n) is 7.05. The van der Waals surface area contributed by atoms with E-state index in [1.165, 1.54) is 0 Å². The molecular weight excluding hydrogens is 802 g/mol. The quantitative estimate of drug-likeness (QED) is 0.0653. The summed E-state index contributed by atoms with van der Waals surface area (Å²) >= 11 is 0. The minimum Gasteiger partial charge on any atom is -0.432 e. The zero-order chi connectivity index (χ0) is 40.2. The summed E-state index contributed by atoms with van der Waals surface area (Å²) in [5.41, 5.74) is 6.22. The number of benzene rings is 4. The van der Waals surface area contributed by atoms with E-state index in [1.807, 2.05) is 19.1 Å². The fourth-order valence-corrected chi connectivity index (χ4v) is 7.05. The Morgan fingerprint density at radius 3 is 1.37 bits per heavy atom. The molecule has 0 unspecified atom stereocenters. The molecule has 59 heavy (non-hydrogen) atoms. The van der Waals surface area contributed by atoms with Gasteiger partial charge in [0.1, 0.15) is 0 Å². The van der Waals surface area contributed by atoms with E-state index in [2.05, 4.69) is 26.7 Å². The maximum atomic E-state index is 12.9. The molecule has 0 spiro atoms. The monoisotopic (exact) mass is 828 g/mol. The maximum absolute atomic E-state index is 12.9. The van der Waals surface area contributed by atoms with Crippen LogP contribution in [0.25, 0.3) is 89.7 Å². The Balaban J connectivity index is 0.00000484. The minimum absolute atomic E-state index is 0. The first-order valence-electron chi connectivity index (χ1n) is 17.9. The number of hydrogen-bond donors (Lipinski definition) is 0. The second kappa shape index (κ2) is 15.1. The average Bonchev–Trinajstić information content (AvgIpc) is 3.95. The van der Waals surface area contributed by atoms with Crippen molar-refractivity contribution < 1.29 is 48.1 Å². The van der Waals surface area contributed by atoms with E-state index in [1.54, 1.807) is 54.6 Å². The van der Waals surface area contributed by atoms with Crippen LogP contribution in [0.3, 0.4) is 0 Å². The molecule has 0 amide bonds. The smallest absolute Gasteiger partial charge is 0.432 e. The Hall–Kier alpha value is -7.51. The van der Waals surface area contributed by atoms with Crippen molar-refractivity contribution in [3.05, 3.63) is 133 Å². The van der Waals surface area contributed by atoms with Crippen molar-refractivity contribution in [2.45, 2.75) is 20.3 Å². The molecule has 0 aliphatic carbocycles. The Morgan fingerprint density at radius 2 is 0.915 bits per heavy atom. The number of aromatic nitrogens is 8. The van der Waals surface area contributed by atoms with Crippen LogP contribution in [-0.2, 0) is 40.1 Å². The van der Waals surface area contributed by atoms with E-state index in [-0.39, 0.29) is 70.4 Å². The van der Waals surface area contributed by atoms with E-state index in [0.717, 1.165) is 47.5 Å². The summed E-state index contributed by atoms with van der Waals surface area (Å²) in [6.07, 6.45) is 3.93. The molecule has 0 N–H and O–H groups in total. The number of carbonyl (C=O) groups excluding carboxylic acids is 3. The molecule has 0 saturated heterocycles. The number of carbonyl (C=O) groups is 3. The molecule has 0 fully saturated rings. The van der Waals surface area contributed by atoms with Crippen LogP contribution < -0.4 is 9.97 Å².